The molecule has 3 rings (SSSR count). The molecule has 0 saturated heterocycles. The lowest BCUT2D eigenvalue weighted by Crippen LogP contribution is -2.08. The van der Waals surface area contributed by atoms with E-state index in [9.17, 15) is 0 Å². The maximum atomic E-state index is 5.69. The lowest BCUT2D eigenvalue weighted by Gasteiger charge is -2.09. The molecule has 3 nitrogen and oxygen atoms in total. The van der Waals surface area contributed by atoms with E-state index in [4.69, 9.17) is 9.47 Å². The first-order valence-corrected chi connectivity index (χ1v) is 7.46. The Hall–Kier alpha value is -2.07. The smallest absolute Gasteiger partial charge is 0.122 e. The number of ether oxygens (including phenoxy) is 2. The van der Waals surface area contributed by atoms with E-state index in [1.165, 1.54) is 0 Å². The predicted octanol–water partition coefficient (Wildman–Crippen LogP) is 4.46. The molecule has 0 atom stereocenters. The first-order valence-electron chi connectivity index (χ1n) is 6.67. The quantitative estimate of drug-likeness (QED) is 0.641. The average molecular weight is 344 g/mol. The number of halogens is 1. The van der Waals surface area contributed by atoms with Gasteiger partial charge in [-0.05, 0) is 36.4 Å². The van der Waals surface area contributed by atoms with Crippen LogP contribution in [0, 0.1) is 0 Å². The molecule has 0 amide bonds. The summed E-state index contributed by atoms with van der Waals surface area (Å²) in [4.78, 5) is 4.31. The van der Waals surface area contributed by atoms with Gasteiger partial charge in [0.05, 0.1) is 5.52 Å². The third kappa shape index (κ3) is 3.73. The molecule has 0 fully saturated rings. The minimum atomic E-state index is 0.491. The molecule has 0 aliphatic rings. The topological polar surface area (TPSA) is 31.4 Å². The van der Waals surface area contributed by atoms with Crippen LogP contribution < -0.4 is 9.47 Å². The SMILES string of the molecule is Brc1cccc(OCCOc2ccc3cccnc3c2)c1. The number of rotatable bonds is 5. The summed E-state index contributed by atoms with van der Waals surface area (Å²) in [5.74, 6) is 1.63. The lowest BCUT2D eigenvalue weighted by molar-refractivity contribution is 0.217. The Kier molecular flexibility index (Phi) is 4.36. The normalized spacial score (nSPS) is 10.5. The minimum absolute atomic E-state index is 0.491. The fraction of sp³-hybridized carbons (Fsp3) is 0.118. The van der Waals surface area contributed by atoms with E-state index >= 15 is 0 Å². The Morgan fingerprint density at radius 2 is 1.67 bits per heavy atom. The Morgan fingerprint density at radius 3 is 2.48 bits per heavy atom. The van der Waals surface area contributed by atoms with E-state index in [-0.39, 0.29) is 0 Å². The fourth-order valence-corrected chi connectivity index (χ4v) is 2.39. The van der Waals surface area contributed by atoms with Gasteiger partial charge in [-0.2, -0.15) is 0 Å². The van der Waals surface area contributed by atoms with Crippen molar-refractivity contribution in [1.82, 2.24) is 4.98 Å². The summed E-state index contributed by atoms with van der Waals surface area (Å²) in [5.41, 5.74) is 0.933. The van der Waals surface area contributed by atoms with Crippen LogP contribution in [0.5, 0.6) is 11.5 Å². The van der Waals surface area contributed by atoms with E-state index in [2.05, 4.69) is 20.9 Å². The van der Waals surface area contributed by atoms with Gasteiger partial charge in [0.25, 0.3) is 0 Å². The van der Waals surface area contributed by atoms with Crippen LogP contribution in [-0.2, 0) is 0 Å². The molecule has 4 heteroatoms. The highest BCUT2D eigenvalue weighted by Gasteiger charge is 1.99. The van der Waals surface area contributed by atoms with Gasteiger partial charge in [-0.3, -0.25) is 4.98 Å². The van der Waals surface area contributed by atoms with Crippen LogP contribution in [-0.4, -0.2) is 18.2 Å². The number of hydrogen-bond acceptors (Lipinski definition) is 3. The maximum absolute atomic E-state index is 5.69. The summed E-state index contributed by atoms with van der Waals surface area (Å²) >= 11 is 3.41. The number of fused-ring (bicyclic) bond motifs is 1. The highest BCUT2D eigenvalue weighted by atomic mass is 79.9. The molecule has 3 aromatic rings. The summed E-state index contributed by atoms with van der Waals surface area (Å²) < 4.78 is 12.3. The highest BCUT2D eigenvalue weighted by molar-refractivity contribution is 9.10. The first-order chi connectivity index (χ1) is 10.3. The van der Waals surface area contributed by atoms with E-state index < -0.39 is 0 Å². The molecule has 106 valence electrons. The van der Waals surface area contributed by atoms with Gasteiger partial charge < -0.3 is 9.47 Å². The van der Waals surface area contributed by atoms with Crippen molar-refractivity contribution in [2.75, 3.05) is 13.2 Å². The molecule has 0 bridgehead atoms. The molecule has 0 radical (unpaired) electrons. The zero-order chi connectivity index (χ0) is 14.5. The van der Waals surface area contributed by atoms with Crippen molar-refractivity contribution in [3.8, 4) is 11.5 Å². The van der Waals surface area contributed by atoms with Crippen molar-refractivity contribution in [2.24, 2.45) is 0 Å². The van der Waals surface area contributed by atoms with E-state index in [1.54, 1.807) is 6.20 Å². The Bertz CT molecular complexity index is 745. The lowest BCUT2D eigenvalue weighted by atomic mass is 10.2. The molecular formula is C17H14BrNO2. The summed E-state index contributed by atoms with van der Waals surface area (Å²) in [6, 6.07) is 17.6. The van der Waals surface area contributed by atoms with Crippen molar-refractivity contribution in [3.63, 3.8) is 0 Å². The second kappa shape index (κ2) is 6.59. The van der Waals surface area contributed by atoms with Gasteiger partial charge in [0.1, 0.15) is 24.7 Å². The first kappa shape index (κ1) is 13.9. The maximum Gasteiger partial charge on any atom is 0.122 e. The van der Waals surface area contributed by atoms with E-state index in [0.717, 1.165) is 26.9 Å². The van der Waals surface area contributed by atoms with E-state index in [1.807, 2.05) is 54.6 Å². The van der Waals surface area contributed by atoms with Gasteiger partial charge in [0.15, 0.2) is 0 Å². The molecule has 0 N–H and O–H groups in total. The number of pyridine rings is 1. The largest absolute Gasteiger partial charge is 0.490 e. The summed E-state index contributed by atoms with van der Waals surface area (Å²) in [6.45, 7) is 0.988. The van der Waals surface area contributed by atoms with Gasteiger partial charge in [-0.1, -0.05) is 28.1 Å². The van der Waals surface area contributed by atoms with Crippen LogP contribution in [0.1, 0.15) is 0 Å². The highest BCUT2D eigenvalue weighted by Crippen LogP contribution is 2.19. The monoisotopic (exact) mass is 343 g/mol. The molecule has 1 aromatic heterocycles. The molecule has 2 aromatic carbocycles. The van der Waals surface area contributed by atoms with Gasteiger partial charge in [0, 0.05) is 22.1 Å². The average Bonchev–Trinajstić information content (AvgIpc) is 2.51. The zero-order valence-electron chi connectivity index (χ0n) is 11.3. The summed E-state index contributed by atoms with van der Waals surface area (Å²) in [5, 5.41) is 1.11. The zero-order valence-corrected chi connectivity index (χ0v) is 12.9. The number of nitrogens with zero attached hydrogens (tertiary/aromatic N) is 1. The van der Waals surface area contributed by atoms with E-state index in [0.29, 0.717) is 13.2 Å². The van der Waals surface area contributed by atoms with Crippen LogP contribution in [0.4, 0.5) is 0 Å². The summed E-state index contributed by atoms with van der Waals surface area (Å²) in [7, 11) is 0. The van der Waals surface area contributed by atoms with Crippen molar-refractivity contribution >= 4 is 26.8 Å². The minimum Gasteiger partial charge on any atom is -0.490 e. The third-order valence-electron chi connectivity index (χ3n) is 2.99. The van der Waals surface area contributed by atoms with Crippen LogP contribution in [0.2, 0.25) is 0 Å². The van der Waals surface area contributed by atoms with Crippen LogP contribution in [0.15, 0.2) is 65.3 Å². The molecule has 0 aliphatic carbocycles. The van der Waals surface area contributed by atoms with Crippen LogP contribution in [0.3, 0.4) is 0 Å². The molecule has 0 spiro atoms. The van der Waals surface area contributed by atoms with Crippen LogP contribution in [0.25, 0.3) is 10.9 Å². The van der Waals surface area contributed by atoms with Crippen molar-refractivity contribution in [1.29, 1.82) is 0 Å². The van der Waals surface area contributed by atoms with Crippen LogP contribution >= 0.6 is 15.9 Å². The predicted molar refractivity (Wildman–Crippen MR) is 86.9 cm³/mol. The molecule has 21 heavy (non-hydrogen) atoms. The van der Waals surface area contributed by atoms with Gasteiger partial charge in [0.2, 0.25) is 0 Å². The standard InChI is InChI=1S/C17H14BrNO2/c18-14-4-1-5-15(11-14)20-9-10-21-16-7-6-13-3-2-8-19-17(13)12-16/h1-8,11-12H,9-10H2. The molecular weight excluding hydrogens is 330 g/mol. The number of benzene rings is 2. The molecule has 0 aliphatic heterocycles. The van der Waals surface area contributed by atoms with Crippen molar-refractivity contribution < 1.29 is 9.47 Å². The van der Waals surface area contributed by atoms with Gasteiger partial charge in [-0.15, -0.1) is 0 Å². The number of hydrogen-bond donors (Lipinski definition) is 0. The van der Waals surface area contributed by atoms with Crippen molar-refractivity contribution in [2.45, 2.75) is 0 Å². The third-order valence-corrected chi connectivity index (χ3v) is 3.49. The summed E-state index contributed by atoms with van der Waals surface area (Å²) in [6.07, 6.45) is 1.78. The van der Waals surface area contributed by atoms with Gasteiger partial charge >= 0.3 is 0 Å². The number of aromatic nitrogens is 1. The Morgan fingerprint density at radius 1 is 0.857 bits per heavy atom. The molecule has 1 heterocycles. The fourth-order valence-electron chi connectivity index (χ4n) is 2.01. The molecule has 0 saturated carbocycles. The Labute approximate surface area is 131 Å². The Balaban J connectivity index is 1.54. The second-order valence-corrected chi connectivity index (χ2v) is 5.43. The second-order valence-electron chi connectivity index (χ2n) is 4.51. The van der Waals surface area contributed by atoms with Gasteiger partial charge in [-0.25, -0.2) is 0 Å². The molecule has 0 unspecified atom stereocenters. The van der Waals surface area contributed by atoms with Crippen molar-refractivity contribution in [3.05, 3.63) is 65.3 Å².